The fourth-order valence-corrected chi connectivity index (χ4v) is 2.71. The van der Waals surface area contributed by atoms with E-state index in [1.807, 2.05) is 32.3 Å². The van der Waals surface area contributed by atoms with Gasteiger partial charge in [0.25, 0.3) is 0 Å². The van der Waals surface area contributed by atoms with Gasteiger partial charge in [0, 0.05) is 19.5 Å². The van der Waals surface area contributed by atoms with Crippen molar-refractivity contribution >= 4 is 11.9 Å². The first-order chi connectivity index (χ1) is 12.9. The highest BCUT2D eigenvalue weighted by atomic mass is 16.5. The third-order valence-corrected chi connectivity index (χ3v) is 4.28. The van der Waals surface area contributed by atoms with Crippen LogP contribution in [0.3, 0.4) is 0 Å². The van der Waals surface area contributed by atoms with E-state index in [-0.39, 0.29) is 18.3 Å². The molecule has 0 saturated heterocycles. The molecule has 7 nitrogen and oxygen atoms in total. The third kappa shape index (κ3) is 8.30. The Morgan fingerprint density at radius 3 is 2.22 bits per heavy atom. The predicted octanol–water partition coefficient (Wildman–Crippen LogP) is 1.98. The molecule has 0 aliphatic rings. The molecule has 0 bridgehead atoms. The molecule has 1 rings (SSSR count). The summed E-state index contributed by atoms with van der Waals surface area (Å²) in [5, 5.41) is 0. The summed E-state index contributed by atoms with van der Waals surface area (Å²) in [6.07, 6.45) is 2.04. The van der Waals surface area contributed by atoms with Crippen LogP contribution in [0, 0.1) is 0 Å². The quantitative estimate of drug-likeness (QED) is 0.517. The van der Waals surface area contributed by atoms with Crippen molar-refractivity contribution in [2.75, 3.05) is 55.1 Å². The van der Waals surface area contributed by atoms with E-state index in [0.29, 0.717) is 37.4 Å². The maximum atomic E-state index is 12.7. The monoisotopic (exact) mass is 380 g/mol. The van der Waals surface area contributed by atoms with Crippen LogP contribution in [0.25, 0.3) is 0 Å². The molecule has 0 aliphatic carbocycles. The van der Waals surface area contributed by atoms with E-state index in [1.165, 1.54) is 7.11 Å². The van der Waals surface area contributed by atoms with Crippen LogP contribution >= 0.6 is 0 Å². The zero-order chi connectivity index (χ0) is 20.2. The van der Waals surface area contributed by atoms with Gasteiger partial charge in [-0.1, -0.05) is 6.07 Å². The lowest BCUT2D eigenvalue weighted by Crippen LogP contribution is -2.35. The van der Waals surface area contributed by atoms with Gasteiger partial charge in [0.15, 0.2) is 11.5 Å². The minimum atomic E-state index is -0.305. The second-order valence-electron chi connectivity index (χ2n) is 6.55. The zero-order valence-corrected chi connectivity index (χ0v) is 17.1. The summed E-state index contributed by atoms with van der Waals surface area (Å²) in [7, 11) is 8.53. The number of nitrogens with zero attached hydrogens (tertiary/aromatic N) is 2. The van der Waals surface area contributed by atoms with Crippen LogP contribution in [0.5, 0.6) is 11.5 Å². The van der Waals surface area contributed by atoms with Gasteiger partial charge in [-0.05, 0) is 51.2 Å². The van der Waals surface area contributed by atoms with Gasteiger partial charge in [0.1, 0.15) is 0 Å². The van der Waals surface area contributed by atoms with Crippen LogP contribution in [0.1, 0.15) is 24.8 Å². The number of hydrogen-bond donors (Lipinski definition) is 0. The van der Waals surface area contributed by atoms with Gasteiger partial charge in [0.05, 0.1) is 27.8 Å². The van der Waals surface area contributed by atoms with Crippen molar-refractivity contribution in [2.45, 2.75) is 25.7 Å². The van der Waals surface area contributed by atoms with Gasteiger partial charge in [-0.15, -0.1) is 0 Å². The van der Waals surface area contributed by atoms with Crippen molar-refractivity contribution < 1.29 is 23.8 Å². The summed E-state index contributed by atoms with van der Waals surface area (Å²) in [5.74, 6) is 1.04. The van der Waals surface area contributed by atoms with Gasteiger partial charge < -0.3 is 24.0 Å². The van der Waals surface area contributed by atoms with Crippen molar-refractivity contribution in [3.05, 3.63) is 23.8 Å². The summed E-state index contributed by atoms with van der Waals surface area (Å²) in [6.45, 7) is 1.89. The Morgan fingerprint density at radius 2 is 1.63 bits per heavy atom. The van der Waals surface area contributed by atoms with Crippen LogP contribution in [-0.2, 0) is 20.7 Å². The van der Waals surface area contributed by atoms with E-state index >= 15 is 0 Å². The topological polar surface area (TPSA) is 68.3 Å². The third-order valence-electron chi connectivity index (χ3n) is 4.28. The van der Waals surface area contributed by atoms with Crippen LogP contribution in [0.4, 0.5) is 0 Å². The van der Waals surface area contributed by atoms with Gasteiger partial charge in [0.2, 0.25) is 5.91 Å². The van der Waals surface area contributed by atoms with E-state index < -0.39 is 0 Å². The molecule has 0 N–H and O–H groups in total. The molecule has 0 heterocycles. The summed E-state index contributed by atoms with van der Waals surface area (Å²) in [4.78, 5) is 27.9. The lowest BCUT2D eigenvalue weighted by molar-refractivity contribution is -0.141. The average molecular weight is 380 g/mol. The number of aryl methyl sites for hydroxylation is 1. The highest BCUT2D eigenvalue weighted by Crippen LogP contribution is 2.28. The summed E-state index contributed by atoms with van der Waals surface area (Å²) >= 11 is 0. The van der Waals surface area contributed by atoms with Crippen LogP contribution in [0.2, 0.25) is 0 Å². The number of amides is 1. The number of hydrogen-bond acceptors (Lipinski definition) is 6. The summed E-state index contributed by atoms with van der Waals surface area (Å²) in [6, 6.07) is 5.65. The number of esters is 1. The molecule has 1 amide bonds. The molecule has 0 atom stereocenters. The number of methoxy groups -OCH3 is 3. The minimum absolute atomic E-state index is 0.0347. The number of ether oxygens (including phenoxy) is 3. The maximum absolute atomic E-state index is 12.7. The molecule has 152 valence electrons. The van der Waals surface area contributed by atoms with Gasteiger partial charge in [-0.2, -0.15) is 0 Å². The Balaban J connectivity index is 2.66. The zero-order valence-electron chi connectivity index (χ0n) is 17.1. The average Bonchev–Trinajstić information content (AvgIpc) is 2.67. The van der Waals surface area contributed by atoms with E-state index in [0.717, 1.165) is 18.5 Å². The molecular formula is C20H32N2O5. The molecule has 0 aromatic heterocycles. The molecule has 1 aromatic rings. The lowest BCUT2D eigenvalue weighted by atomic mass is 10.1. The Hall–Kier alpha value is -2.28. The van der Waals surface area contributed by atoms with E-state index in [4.69, 9.17) is 9.47 Å². The molecule has 7 heteroatoms. The molecule has 0 spiro atoms. The number of carbonyl (C=O) groups is 2. The smallest absolute Gasteiger partial charge is 0.307 e. The molecule has 27 heavy (non-hydrogen) atoms. The highest BCUT2D eigenvalue weighted by Gasteiger charge is 2.16. The standard InChI is InChI=1S/C20H32N2O5/c1-21(2)12-6-13-22(14-11-20(24)27-5)19(23)10-8-16-7-9-17(25-3)18(15-16)26-4/h7,9,15H,6,8,10-14H2,1-5H3. The number of benzene rings is 1. The van der Waals surface area contributed by atoms with Gasteiger partial charge in [-0.25, -0.2) is 0 Å². The highest BCUT2D eigenvalue weighted by molar-refractivity contribution is 5.77. The van der Waals surface area contributed by atoms with Gasteiger partial charge >= 0.3 is 5.97 Å². The lowest BCUT2D eigenvalue weighted by Gasteiger charge is -2.23. The van der Waals surface area contributed by atoms with Crippen LogP contribution < -0.4 is 9.47 Å². The SMILES string of the molecule is COC(=O)CCN(CCCN(C)C)C(=O)CCc1ccc(OC)c(OC)c1. The maximum Gasteiger partial charge on any atom is 0.307 e. The predicted molar refractivity (Wildman–Crippen MR) is 104 cm³/mol. The van der Waals surface area contributed by atoms with Crippen molar-refractivity contribution in [3.63, 3.8) is 0 Å². The molecule has 0 radical (unpaired) electrons. The van der Waals surface area contributed by atoms with Crippen molar-refractivity contribution in [1.29, 1.82) is 0 Å². The number of carbonyl (C=O) groups excluding carboxylic acids is 2. The first kappa shape index (κ1) is 22.8. The van der Waals surface area contributed by atoms with E-state index in [1.54, 1.807) is 19.1 Å². The van der Waals surface area contributed by atoms with Crippen LogP contribution in [0.15, 0.2) is 18.2 Å². The normalized spacial score (nSPS) is 10.6. The first-order valence-corrected chi connectivity index (χ1v) is 9.11. The molecule has 1 aromatic carbocycles. The van der Waals surface area contributed by atoms with E-state index in [2.05, 4.69) is 9.64 Å². The summed E-state index contributed by atoms with van der Waals surface area (Å²) < 4.78 is 15.2. The Morgan fingerprint density at radius 1 is 0.926 bits per heavy atom. The Labute approximate surface area is 162 Å². The van der Waals surface area contributed by atoms with Crippen molar-refractivity contribution in [1.82, 2.24) is 9.80 Å². The molecule has 0 aliphatic heterocycles. The number of rotatable bonds is 12. The molecular weight excluding hydrogens is 348 g/mol. The largest absolute Gasteiger partial charge is 0.493 e. The fourth-order valence-electron chi connectivity index (χ4n) is 2.71. The Kier molecular flexibility index (Phi) is 10.3. The second kappa shape index (κ2) is 12.2. The Bertz CT molecular complexity index is 604. The van der Waals surface area contributed by atoms with Gasteiger partial charge in [-0.3, -0.25) is 9.59 Å². The first-order valence-electron chi connectivity index (χ1n) is 9.11. The molecule has 0 saturated carbocycles. The second-order valence-corrected chi connectivity index (χ2v) is 6.55. The fraction of sp³-hybridized carbons (Fsp3) is 0.600. The van der Waals surface area contributed by atoms with E-state index in [9.17, 15) is 9.59 Å². The minimum Gasteiger partial charge on any atom is -0.493 e. The van der Waals surface area contributed by atoms with Crippen molar-refractivity contribution in [2.24, 2.45) is 0 Å². The van der Waals surface area contributed by atoms with Crippen LogP contribution in [-0.4, -0.2) is 76.7 Å². The van der Waals surface area contributed by atoms with Crippen molar-refractivity contribution in [3.8, 4) is 11.5 Å². The molecule has 0 fully saturated rings. The summed E-state index contributed by atoms with van der Waals surface area (Å²) in [5.41, 5.74) is 1.00. The molecule has 0 unspecified atom stereocenters.